The molecule has 2 aromatic carbocycles. The zero-order chi connectivity index (χ0) is 22.5. The van der Waals surface area contributed by atoms with Crippen LogP contribution < -0.4 is 10.6 Å². The number of rotatable bonds is 4. The number of benzene rings is 2. The number of imidazole rings is 1. The van der Waals surface area contributed by atoms with E-state index in [-0.39, 0.29) is 0 Å². The lowest BCUT2D eigenvalue weighted by molar-refractivity contribution is 0.960. The minimum absolute atomic E-state index is 0.830. The average Bonchev–Trinajstić information content (AvgIpc) is 3.69. The van der Waals surface area contributed by atoms with Gasteiger partial charge in [-0.15, -0.1) is 0 Å². The van der Waals surface area contributed by atoms with Crippen molar-refractivity contribution in [1.82, 2.24) is 25.0 Å². The smallest absolute Gasteiger partial charge is 0.138 e. The van der Waals surface area contributed by atoms with Gasteiger partial charge in [-0.1, -0.05) is 36.4 Å². The van der Waals surface area contributed by atoms with Gasteiger partial charge >= 0.3 is 0 Å². The maximum atomic E-state index is 4.86. The van der Waals surface area contributed by atoms with E-state index in [2.05, 4.69) is 97.0 Å². The van der Waals surface area contributed by atoms with Crippen molar-refractivity contribution >= 4 is 28.2 Å². The van der Waals surface area contributed by atoms with Gasteiger partial charge in [0.05, 0.1) is 18.8 Å². The standard InChI is InChI=1S/C27H23N7/c1-3-18(24-16-34-12-7-20(14-25(34)33-24)27-30-10-11-31-27)4-2-17(1)22-15-32-23-13-19(5-6-21(22)23)26-28-8-9-29-26/h1-7,12-16,32H,8-11H2,(H,28,29)(H,30,31). The molecule has 0 radical (unpaired) electrons. The molecule has 0 saturated heterocycles. The molecular weight excluding hydrogens is 422 g/mol. The molecule has 0 fully saturated rings. The molecule has 0 amide bonds. The van der Waals surface area contributed by atoms with E-state index in [1.165, 1.54) is 16.5 Å². The number of amidine groups is 2. The molecule has 5 heterocycles. The first-order chi connectivity index (χ1) is 16.8. The summed E-state index contributed by atoms with van der Waals surface area (Å²) >= 11 is 0. The maximum Gasteiger partial charge on any atom is 0.138 e. The summed E-state index contributed by atoms with van der Waals surface area (Å²) in [6, 6.07) is 19.3. The molecule has 166 valence electrons. The second-order valence-electron chi connectivity index (χ2n) is 8.66. The van der Waals surface area contributed by atoms with Crippen LogP contribution in [0.2, 0.25) is 0 Å². The highest BCUT2D eigenvalue weighted by atomic mass is 15.1. The quantitative estimate of drug-likeness (QED) is 0.393. The molecule has 0 bridgehead atoms. The minimum Gasteiger partial charge on any atom is -0.368 e. The Hall–Kier alpha value is -4.39. The van der Waals surface area contributed by atoms with E-state index in [4.69, 9.17) is 4.98 Å². The molecule has 0 aliphatic carbocycles. The molecular formula is C27H23N7. The van der Waals surface area contributed by atoms with Crippen molar-refractivity contribution in [2.75, 3.05) is 26.2 Å². The van der Waals surface area contributed by atoms with Gasteiger partial charge in [-0.2, -0.15) is 0 Å². The summed E-state index contributed by atoms with van der Waals surface area (Å²) in [6.07, 6.45) is 6.20. The Kier molecular flexibility index (Phi) is 4.27. The molecule has 3 N–H and O–H groups in total. The van der Waals surface area contributed by atoms with Crippen molar-refractivity contribution in [1.29, 1.82) is 0 Å². The fraction of sp³-hybridized carbons (Fsp3) is 0.148. The van der Waals surface area contributed by atoms with E-state index < -0.39 is 0 Å². The molecule has 34 heavy (non-hydrogen) atoms. The highest BCUT2D eigenvalue weighted by molar-refractivity contribution is 6.05. The fourth-order valence-electron chi connectivity index (χ4n) is 4.78. The summed E-state index contributed by atoms with van der Waals surface area (Å²) in [5, 5.41) is 7.88. The number of hydrogen-bond donors (Lipinski definition) is 3. The lowest BCUT2D eigenvalue weighted by Crippen LogP contribution is -2.19. The van der Waals surface area contributed by atoms with E-state index in [1.807, 2.05) is 6.20 Å². The lowest BCUT2D eigenvalue weighted by atomic mass is 10.0. The van der Waals surface area contributed by atoms with Gasteiger partial charge in [-0.25, -0.2) is 4.98 Å². The Morgan fingerprint density at radius 1 is 0.735 bits per heavy atom. The van der Waals surface area contributed by atoms with Crippen LogP contribution in [0.5, 0.6) is 0 Å². The first-order valence-corrected chi connectivity index (χ1v) is 11.6. The average molecular weight is 446 g/mol. The monoisotopic (exact) mass is 445 g/mol. The topological polar surface area (TPSA) is 81.9 Å². The van der Waals surface area contributed by atoms with E-state index >= 15 is 0 Å². The molecule has 5 aromatic rings. The summed E-state index contributed by atoms with van der Waals surface area (Å²) in [5.41, 5.74) is 8.66. The van der Waals surface area contributed by atoms with Crippen molar-refractivity contribution < 1.29 is 0 Å². The van der Waals surface area contributed by atoms with Crippen LogP contribution in [0.4, 0.5) is 0 Å². The number of hydrogen-bond acceptors (Lipinski definition) is 5. The van der Waals surface area contributed by atoms with E-state index in [1.54, 1.807) is 0 Å². The third-order valence-electron chi connectivity index (χ3n) is 6.53. The molecule has 0 unspecified atom stereocenters. The molecule has 0 saturated carbocycles. The fourth-order valence-corrected chi connectivity index (χ4v) is 4.78. The molecule has 7 nitrogen and oxygen atoms in total. The normalized spacial score (nSPS) is 15.4. The number of fused-ring (bicyclic) bond motifs is 2. The summed E-state index contributed by atoms with van der Waals surface area (Å²) < 4.78 is 2.06. The van der Waals surface area contributed by atoms with Gasteiger partial charge in [0, 0.05) is 64.8 Å². The van der Waals surface area contributed by atoms with Gasteiger partial charge in [0.1, 0.15) is 17.3 Å². The first kappa shape index (κ1) is 19.1. The highest BCUT2D eigenvalue weighted by Crippen LogP contribution is 2.31. The van der Waals surface area contributed by atoms with Gasteiger partial charge in [-0.3, -0.25) is 9.98 Å². The molecule has 2 aliphatic rings. The van der Waals surface area contributed by atoms with Crippen LogP contribution in [-0.2, 0) is 0 Å². The predicted octanol–water partition coefficient (Wildman–Crippen LogP) is 3.85. The Bertz CT molecular complexity index is 1600. The molecule has 2 aliphatic heterocycles. The van der Waals surface area contributed by atoms with Crippen LogP contribution in [0.15, 0.2) is 83.2 Å². The number of H-pyrrole nitrogens is 1. The molecule has 0 spiro atoms. The third-order valence-corrected chi connectivity index (χ3v) is 6.53. The zero-order valence-electron chi connectivity index (χ0n) is 18.5. The Morgan fingerprint density at radius 2 is 1.44 bits per heavy atom. The minimum atomic E-state index is 0.830. The van der Waals surface area contributed by atoms with Crippen molar-refractivity contribution in [2.45, 2.75) is 0 Å². The summed E-state index contributed by atoms with van der Waals surface area (Å²) in [7, 11) is 0. The second kappa shape index (κ2) is 7.59. The SMILES string of the molecule is c1cc2c(-c3ccc(-c4cn5ccc(C6=NCCN6)cc5n4)cc3)c[nH]c2cc1C1=NCCN1. The molecule has 7 rings (SSSR count). The van der Waals surface area contributed by atoms with Crippen LogP contribution >= 0.6 is 0 Å². The number of aromatic amines is 1. The zero-order valence-corrected chi connectivity index (χ0v) is 18.5. The van der Waals surface area contributed by atoms with E-state index in [0.717, 1.165) is 71.4 Å². The first-order valence-electron chi connectivity index (χ1n) is 11.6. The summed E-state index contributed by atoms with van der Waals surface area (Å²) in [6.45, 7) is 3.48. The Morgan fingerprint density at radius 3 is 2.18 bits per heavy atom. The number of pyridine rings is 1. The lowest BCUT2D eigenvalue weighted by Gasteiger charge is -2.04. The second-order valence-corrected chi connectivity index (χ2v) is 8.66. The van der Waals surface area contributed by atoms with E-state index in [0.29, 0.717) is 0 Å². The highest BCUT2D eigenvalue weighted by Gasteiger charge is 2.13. The largest absolute Gasteiger partial charge is 0.368 e. The van der Waals surface area contributed by atoms with E-state index in [9.17, 15) is 0 Å². The maximum absolute atomic E-state index is 4.86. The van der Waals surface area contributed by atoms with Gasteiger partial charge in [0.2, 0.25) is 0 Å². The molecule has 7 heteroatoms. The number of aromatic nitrogens is 3. The number of nitrogens with zero attached hydrogens (tertiary/aromatic N) is 4. The van der Waals surface area contributed by atoms with Crippen molar-refractivity contribution in [3.05, 3.63) is 84.3 Å². The van der Waals surface area contributed by atoms with Crippen molar-refractivity contribution in [3.8, 4) is 22.4 Å². The number of nitrogens with one attached hydrogen (secondary N) is 3. The summed E-state index contributed by atoms with van der Waals surface area (Å²) in [4.78, 5) is 17.3. The Balaban J connectivity index is 1.19. The van der Waals surface area contributed by atoms with Gasteiger partial charge in [0.15, 0.2) is 0 Å². The van der Waals surface area contributed by atoms with Crippen LogP contribution in [0, 0.1) is 0 Å². The summed E-state index contributed by atoms with van der Waals surface area (Å²) in [5.74, 6) is 1.93. The third kappa shape index (κ3) is 3.16. The molecule has 0 atom stereocenters. The molecule has 3 aromatic heterocycles. The predicted molar refractivity (Wildman–Crippen MR) is 137 cm³/mol. The van der Waals surface area contributed by atoms with Gasteiger partial charge < -0.3 is 20.0 Å². The van der Waals surface area contributed by atoms with Crippen molar-refractivity contribution in [3.63, 3.8) is 0 Å². The number of aliphatic imine (C=N–C) groups is 2. The van der Waals surface area contributed by atoms with Gasteiger partial charge in [0.25, 0.3) is 0 Å². The van der Waals surface area contributed by atoms with Crippen LogP contribution in [0.1, 0.15) is 11.1 Å². The van der Waals surface area contributed by atoms with Crippen molar-refractivity contribution in [2.24, 2.45) is 9.98 Å². The van der Waals surface area contributed by atoms with Crippen LogP contribution in [-0.4, -0.2) is 52.2 Å². The Labute approximate surface area is 196 Å². The van der Waals surface area contributed by atoms with Crippen LogP contribution in [0.3, 0.4) is 0 Å². The van der Waals surface area contributed by atoms with Crippen LogP contribution in [0.25, 0.3) is 38.9 Å². The van der Waals surface area contributed by atoms with Gasteiger partial charge in [-0.05, 0) is 23.8 Å².